The summed E-state index contributed by atoms with van der Waals surface area (Å²) in [7, 11) is 8.54. The fourth-order valence-corrected chi connectivity index (χ4v) is 1.61. The SMILES string of the molecule is CCCNCNCCC(C)(N(C)C)N(C)C. The number of nitrogens with zero attached hydrogens (tertiary/aromatic N) is 2. The summed E-state index contributed by atoms with van der Waals surface area (Å²) in [5, 5.41) is 6.76. The van der Waals surface area contributed by atoms with E-state index in [2.05, 4.69) is 62.5 Å². The molecule has 0 radical (unpaired) electrons. The minimum Gasteiger partial charge on any atom is -0.305 e. The smallest absolute Gasteiger partial charge is 0.0711 e. The average Bonchev–Trinajstić information content (AvgIpc) is 2.22. The van der Waals surface area contributed by atoms with Crippen molar-refractivity contribution in [1.82, 2.24) is 20.4 Å². The van der Waals surface area contributed by atoms with Gasteiger partial charge >= 0.3 is 0 Å². The van der Waals surface area contributed by atoms with Crippen LogP contribution in [0, 0.1) is 0 Å². The lowest BCUT2D eigenvalue weighted by atomic mass is 10.1. The zero-order chi connectivity index (χ0) is 12.6. The third kappa shape index (κ3) is 5.25. The zero-order valence-electron chi connectivity index (χ0n) is 11.9. The van der Waals surface area contributed by atoms with Crippen LogP contribution in [0.4, 0.5) is 0 Å². The summed E-state index contributed by atoms with van der Waals surface area (Å²) < 4.78 is 0. The predicted octanol–water partition coefficient (Wildman–Crippen LogP) is 0.763. The Morgan fingerprint density at radius 3 is 1.88 bits per heavy atom. The molecule has 98 valence electrons. The molecule has 2 N–H and O–H groups in total. The van der Waals surface area contributed by atoms with Gasteiger partial charge in [-0.05, 0) is 61.0 Å². The van der Waals surface area contributed by atoms with Crippen LogP contribution < -0.4 is 10.6 Å². The van der Waals surface area contributed by atoms with Gasteiger partial charge in [0.2, 0.25) is 0 Å². The molecule has 0 rings (SSSR count). The number of rotatable bonds is 9. The van der Waals surface area contributed by atoms with Gasteiger partial charge in [0.05, 0.1) is 5.66 Å². The quantitative estimate of drug-likeness (QED) is 0.452. The highest BCUT2D eigenvalue weighted by Gasteiger charge is 2.28. The van der Waals surface area contributed by atoms with E-state index < -0.39 is 0 Å². The summed E-state index contributed by atoms with van der Waals surface area (Å²) in [6.45, 7) is 7.48. The number of hydrogen-bond acceptors (Lipinski definition) is 4. The van der Waals surface area contributed by atoms with E-state index >= 15 is 0 Å². The minimum atomic E-state index is 0.123. The molecule has 0 aromatic heterocycles. The summed E-state index contributed by atoms with van der Waals surface area (Å²) in [4.78, 5) is 4.54. The van der Waals surface area contributed by atoms with Crippen LogP contribution in [-0.2, 0) is 0 Å². The molecule has 0 bridgehead atoms. The second-order valence-electron chi connectivity index (χ2n) is 4.93. The molecule has 4 heteroatoms. The third-order valence-corrected chi connectivity index (χ3v) is 3.38. The second-order valence-corrected chi connectivity index (χ2v) is 4.93. The van der Waals surface area contributed by atoms with Gasteiger partial charge in [-0.2, -0.15) is 0 Å². The largest absolute Gasteiger partial charge is 0.305 e. The number of nitrogens with one attached hydrogen (secondary N) is 2. The van der Waals surface area contributed by atoms with Gasteiger partial charge in [0.15, 0.2) is 0 Å². The molecule has 0 aliphatic carbocycles. The van der Waals surface area contributed by atoms with Crippen LogP contribution in [0.5, 0.6) is 0 Å². The molecule has 0 aromatic rings. The first kappa shape index (κ1) is 15.8. The molecule has 16 heavy (non-hydrogen) atoms. The molecule has 0 saturated heterocycles. The zero-order valence-corrected chi connectivity index (χ0v) is 11.9. The molecule has 4 nitrogen and oxygen atoms in total. The lowest BCUT2D eigenvalue weighted by Gasteiger charge is -2.42. The van der Waals surface area contributed by atoms with E-state index in [1.165, 1.54) is 6.42 Å². The van der Waals surface area contributed by atoms with E-state index in [-0.39, 0.29) is 5.66 Å². The van der Waals surface area contributed by atoms with Crippen molar-refractivity contribution in [2.24, 2.45) is 0 Å². The van der Waals surface area contributed by atoms with Gasteiger partial charge in [0, 0.05) is 6.67 Å². The highest BCUT2D eigenvalue weighted by Crippen LogP contribution is 2.17. The van der Waals surface area contributed by atoms with Crippen molar-refractivity contribution in [3.05, 3.63) is 0 Å². The fourth-order valence-electron chi connectivity index (χ4n) is 1.61. The van der Waals surface area contributed by atoms with Gasteiger partial charge in [-0.1, -0.05) is 6.92 Å². The molecular weight excluding hydrogens is 200 g/mol. The van der Waals surface area contributed by atoms with Crippen LogP contribution in [0.1, 0.15) is 26.7 Å². The van der Waals surface area contributed by atoms with Crippen molar-refractivity contribution < 1.29 is 0 Å². The molecule has 0 saturated carbocycles. The average molecular weight is 230 g/mol. The summed E-state index contributed by atoms with van der Waals surface area (Å²) in [6.07, 6.45) is 2.30. The Morgan fingerprint density at radius 2 is 1.44 bits per heavy atom. The van der Waals surface area contributed by atoms with Gasteiger partial charge < -0.3 is 10.6 Å². The monoisotopic (exact) mass is 230 g/mol. The maximum absolute atomic E-state index is 3.42. The van der Waals surface area contributed by atoms with E-state index in [1.54, 1.807) is 0 Å². The van der Waals surface area contributed by atoms with Gasteiger partial charge in [-0.15, -0.1) is 0 Å². The van der Waals surface area contributed by atoms with Crippen molar-refractivity contribution in [3.8, 4) is 0 Å². The Kier molecular flexibility index (Phi) is 7.93. The molecule has 0 heterocycles. The van der Waals surface area contributed by atoms with E-state index in [9.17, 15) is 0 Å². The number of hydrogen-bond donors (Lipinski definition) is 2. The molecule has 0 atom stereocenters. The van der Waals surface area contributed by atoms with E-state index in [0.717, 1.165) is 26.2 Å². The van der Waals surface area contributed by atoms with Crippen molar-refractivity contribution in [2.45, 2.75) is 32.4 Å². The Labute approximate surface area is 101 Å². The summed E-state index contributed by atoms with van der Waals surface area (Å²) in [6, 6.07) is 0. The highest BCUT2D eigenvalue weighted by atomic mass is 15.4. The summed E-state index contributed by atoms with van der Waals surface area (Å²) in [5.41, 5.74) is 0.123. The van der Waals surface area contributed by atoms with Crippen LogP contribution in [0.15, 0.2) is 0 Å². The first-order chi connectivity index (χ1) is 7.45. The fraction of sp³-hybridized carbons (Fsp3) is 1.00. The van der Waals surface area contributed by atoms with Crippen LogP contribution in [0.2, 0.25) is 0 Å². The topological polar surface area (TPSA) is 30.5 Å². The highest BCUT2D eigenvalue weighted by molar-refractivity contribution is 4.80. The lowest BCUT2D eigenvalue weighted by molar-refractivity contribution is 0.0137. The molecule has 0 fully saturated rings. The third-order valence-electron chi connectivity index (χ3n) is 3.38. The van der Waals surface area contributed by atoms with E-state index in [1.807, 2.05) is 0 Å². The van der Waals surface area contributed by atoms with Crippen LogP contribution in [-0.4, -0.2) is 63.4 Å². The molecule has 0 unspecified atom stereocenters. The molecule has 0 spiro atoms. The summed E-state index contributed by atoms with van der Waals surface area (Å²) >= 11 is 0. The maximum atomic E-state index is 3.42. The normalized spacial score (nSPS) is 12.8. The van der Waals surface area contributed by atoms with Gasteiger partial charge in [-0.25, -0.2) is 0 Å². The second kappa shape index (κ2) is 8.01. The first-order valence-electron chi connectivity index (χ1n) is 6.21. The maximum Gasteiger partial charge on any atom is 0.0711 e. The van der Waals surface area contributed by atoms with Gasteiger partial charge in [0.25, 0.3) is 0 Å². The van der Waals surface area contributed by atoms with Crippen molar-refractivity contribution in [2.75, 3.05) is 47.9 Å². The van der Waals surface area contributed by atoms with E-state index in [4.69, 9.17) is 0 Å². The molecule has 0 amide bonds. The van der Waals surface area contributed by atoms with Crippen molar-refractivity contribution in [3.63, 3.8) is 0 Å². The first-order valence-corrected chi connectivity index (χ1v) is 6.21. The van der Waals surface area contributed by atoms with Crippen molar-refractivity contribution in [1.29, 1.82) is 0 Å². The van der Waals surface area contributed by atoms with Crippen LogP contribution >= 0.6 is 0 Å². The molecular formula is C12H30N4. The van der Waals surface area contributed by atoms with Gasteiger partial charge in [-0.3, -0.25) is 9.80 Å². The molecule has 0 aliphatic rings. The Bertz CT molecular complexity index is 160. The standard InChI is InChI=1S/C12H30N4/c1-7-9-13-11-14-10-8-12(2,15(3)4)16(5)6/h13-14H,7-11H2,1-6H3. The summed E-state index contributed by atoms with van der Waals surface area (Å²) in [5.74, 6) is 0. The predicted molar refractivity (Wildman–Crippen MR) is 71.6 cm³/mol. The molecule has 0 aromatic carbocycles. The van der Waals surface area contributed by atoms with Crippen LogP contribution in [0.25, 0.3) is 0 Å². The Morgan fingerprint density at radius 1 is 0.938 bits per heavy atom. The Balaban J connectivity index is 3.78. The Hall–Kier alpha value is -0.160. The van der Waals surface area contributed by atoms with Gasteiger partial charge in [0.1, 0.15) is 0 Å². The van der Waals surface area contributed by atoms with E-state index in [0.29, 0.717) is 0 Å². The van der Waals surface area contributed by atoms with Crippen molar-refractivity contribution >= 4 is 0 Å². The minimum absolute atomic E-state index is 0.123. The molecule has 0 aliphatic heterocycles. The lowest BCUT2D eigenvalue weighted by Crippen LogP contribution is -2.54. The van der Waals surface area contributed by atoms with Crippen LogP contribution in [0.3, 0.4) is 0 Å².